The Kier molecular flexibility index (Phi) is 3.98. The van der Waals surface area contributed by atoms with Crippen molar-refractivity contribution >= 4 is 5.78 Å². The van der Waals surface area contributed by atoms with Crippen LogP contribution >= 0.6 is 0 Å². The Balaban J connectivity index is 2.57. The average molecular weight is 260 g/mol. The fraction of sp³-hybridized carbons (Fsp3) is 0.588. The molecule has 0 unspecified atom stereocenters. The molecule has 0 N–H and O–H groups in total. The van der Waals surface area contributed by atoms with E-state index in [4.69, 9.17) is 4.74 Å². The normalized spacial score (nSPS) is 17.7. The topological polar surface area (TPSA) is 26.3 Å². The lowest BCUT2D eigenvalue weighted by Gasteiger charge is -2.29. The summed E-state index contributed by atoms with van der Waals surface area (Å²) in [7, 11) is 1.69. The molecule has 0 aromatic heterocycles. The molecule has 1 aromatic rings. The Bertz CT molecular complexity index is 468. The lowest BCUT2D eigenvalue weighted by molar-refractivity contribution is -0.122. The van der Waals surface area contributed by atoms with Crippen molar-refractivity contribution in [3.63, 3.8) is 0 Å². The van der Waals surface area contributed by atoms with Crippen LogP contribution in [0.2, 0.25) is 0 Å². The number of methoxy groups -OCH3 is 1. The summed E-state index contributed by atoms with van der Waals surface area (Å²) in [6.45, 7) is 6.09. The Morgan fingerprint density at radius 2 is 1.89 bits per heavy atom. The fourth-order valence-corrected chi connectivity index (χ4v) is 3.25. The van der Waals surface area contributed by atoms with Crippen molar-refractivity contribution in [2.24, 2.45) is 0 Å². The van der Waals surface area contributed by atoms with Crippen LogP contribution in [-0.4, -0.2) is 12.9 Å². The molecule has 0 spiro atoms. The number of carbonyl (C=O) groups excluding carboxylic acids is 1. The maximum atomic E-state index is 12.3. The summed E-state index contributed by atoms with van der Waals surface area (Å²) in [6.07, 6.45) is 4.18. The van der Waals surface area contributed by atoms with Crippen LogP contribution in [0.3, 0.4) is 0 Å². The van der Waals surface area contributed by atoms with Crippen LogP contribution in [-0.2, 0) is 10.2 Å². The Morgan fingerprint density at radius 3 is 2.37 bits per heavy atom. The van der Waals surface area contributed by atoms with Crippen LogP contribution in [0, 0.1) is 0 Å². The van der Waals surface area contributed by atoms with E-state index in [-0.39, 0.29) is 11.2 Å². The average Bonchev–Trinajstić information content (AvgIpc) is 2.88. The minimum absolute atomic E-state index is 0.282. The highest BCUT2D eigenvalue weighted by Crippen LogP contribution is 2.46. The molecule has 19 heavy (non-hydrogen) atoms. The molecule has 1 aliphatic carbocycles. The van der Waals surface area contributed by atoms with Gasteiger partial charge in [0, 0.05) is 5.56 Å². The highest BCUT2D eigenvalue weighted by atomic mass is 16.5. The SMILES string of the molecule is COc1ccc(C(C)C)cc1C1(C(C)=O)CCCC1. The van der Waals surface area contributed by atoms with Gasteiger partial charge in [0.25, 0.3) is 0 Å². The standard InChI is InChI=1S/C17H24O2/c1-12(2)14-7-8-16(19-4)15(11-14)17(13(3)18)9-5-6-10-17/h7-8,11-12H,5-6,9-10H2,1-4H3. The van der Waals surface area contributed by atoms with Gasteiger partial charge in [-0.05, 0) is 37.3 Å². The first-order valence-corrected chi connectivity index (χ1v) is 7.21. The van der Waals surface area contributed by atoms with Gasteiger partial charge in [0.15, 0.2) is 0 Å². The van der Waals surface area contributed by atoms with Gasteiger partial charge in [0.1, 0.15) is 11.5 Å². The fourth-order valence-electron chi connectivity index (χ4n) is 3.25. The van der Waals surface area contributed by atoms with E-state index in [1.807, 2.05) is 6.07 Å². The van der Waals surface area contributed by atoms with E-state index in [2.05, 4.69) is 26.0 Å². The zero-order chi connectivity index (χ0) is 14.0. The highest BCUT2D eigenvalue weighted by Gasteiger charge is 2.42. The summed E-state index contributed by atoms with van der Waals surface area (Å²) in [5, 5.41) is 0. The van der Waals surface area contributed by atoms with Gasteiger partial charge in [-0.15, -0.1) is 0 Å². The number of carbonyl (C=O) groups is 1. The van der Waals surface area contributed by atoms with Crippen molar-refractivity contribution in [1.29, 1.82) is 0 Å². The van der Waals surface area contributed by atoms with E-state index in [1.165, 1.54) is 5.56 Å². The molecule has 0 aliphatic heterocycles. The molecule has 2 nitrogen and oxygen atoms in total. The second-order valence-corrected chi connectivity index (χ2v) is 5.96. The molecule has 1 aliphatic rings. The maximum Gasteiger partial charge on any atom is 0.140 e. The molecule has 0 atom stereocenters. The second kappa shape index (κ2) is 5.36. The summed E-state index contributed by atoms with van der Waals surface area (Å²) in [4.78, 5) is 12.3. The minimum Gasteiger partial charge on any atom is -0.496 e. The molecule has 1 fully saturated rings. The zero-order valence-corrected chi connectivity index (χ0v) is 12.5. The first-order chi connectivity index (χ1) is 9.01. The third kappa shape index (κ3) is 2.41. The van der Waals surface area contributed by atoms with Gasteiger partial charge >= 0.3 is 0 Å². The molecule has 0 heterocycles. The van der Waals surface area contributed by atoms with Crippen LogP contribution in [0.25, 0.3) is 0 Å². The minimum atomic E-state index is -0.309. The van der Waals surface area contributed by atoms with Crippen molar-refractivity contribution in [2.45, 2.75) is 57.8 Å². The van der Waals surface area contributed by atoms with Crippen LogP contribution in [0.5, 0.6) is 5.75 Å². The van der Waals surface area contributed by atoms with Crippen molar-refractivity contribution in [1.82, 2.24) is 0 Å². The van der Waals surface area contributed by atoms with Crippen LogP contribution in [0.1, 0.15) is 63.5 Å². The van der Waals surface area contributed by atoms with E-state index in [9.17, 15) is 4.79 Å². The number of rotatable bonds is 4. The molecule has 1 saturated carbocycles. The molecule has 2 rings (SSSR count). The van der Waals surface area contributed by atoms with E-state index >= 15 is 0 Å². The monoisotopic (exact) mass is 260 g/mol. The van der Waals surface area contributed by atoms with E-state index < -0.39 is 0 Å². The Hall–Kier alpha value is -1.31. The molecule has 0 saturated heterocycles. The summed E-state index contributed by atoms with van der Waals surface area (Å²) in [5.41, 5.74) is 2.07. The van der Waals surface area contributed by atoms with Gasteiger partial charge in [0.2, 0.25) is 0 Å². The highest BCUT2D eigenvalue weighted by molar-refractivity contribution is 5.89. The molecule has 1 aromatic carbocycles. The predicted octanol–water partition coefficient (Wildman–Crippen LogP) is 4.22. The van der Waals surface area contributed by atoms with Crippen molar-refractivity contribution in [2.75, 3.05) is 7.11 Å². The van der Waals surface area contributed by atoms with E-state index in [0.717, 1.165) is 37.0 Å². The number of ketones is 1. The second-order valence-electron chi connectivity index (χ2n) is 5.96. The van der Waals surface area contributed by atoms with Crippen LogP contribution in [0.4, 0.5) is 0 Å². The van der Waals surface area contributed by atoms with Crippen molar-refractivity contribution in [3.8, 4) is 5.75 Å². The molecule has 0 amide bonds. The van der Waals surface area contributed by atoms with E-state index in [0.29, 0.717) is 5.92 Å². The van der Waals surface area contributed by atoms with Crippen LogP contribution < -0.4 is 4.74 Å². The van der Waals surface area contributed by atoms with Gasteiger partial charge < -0.3 is 4.74 Å². The molecule has 2 heteroatoms. The van der Waals surface area contributed by atoms with Gasteiger partial charge in [-0.25, -0.2) is 0 Å². The third-order valence-corrected chi connectivity index (χ3v) is 4.54. The van der Waals surface area contributed by atoms with Crippen molar-refractivity contribution < 1.29 is 9.53 Å². The first kappa shape index (κ1) is 14.1. The number of hydrogen-bond acceptors (Lipinski definition) is 2. The summed E-state index contributed by atoms with van der Waals surface area (Å²) in [5.74, 6) is 1.61. The summed E-state index contributed by atoms with van der Waals surface area (Å²) in [6, 6.07) is 6.32. The number of Topliss-reactive ketones (excluding diaryl/α,β-unsaturated/α-hetero) is 1. The predicted molar refractivity (Wildman–Crippen MR) is 77.9 cm³/mol. The molecule has 0 radical (unpaired) electrons. The lowest BCUT2D eigenvalue weighted by atomic mass is 9.74. The Morgan fingerprint density at radius 1 is 1.26 bits per heavy atom. The van der Waals surface area contributed by atoms with Gasteiger partial charge in [-0.3, -0.25) is 4.79 Å². The van der Waals surface area contributed by atoms with Gasteiger partial charge in [0.05, 0.1) is 12.5 Å². The summed E-state index contributed by atoms with van der Waals surface area (Å²) < 4.78 is 5.52. The summed E-state index contributed by atoms with van der Waals surface area (Å²) >= 11 is 0. The number of benzene rings is 1. The molecular formula is C17H24O2. The molecule has 104 valence electrons. The first-order valence-electron chi connectivity index (χ1n) is 7.21. The smallest absolute Gasteiger partial charge is 0.140 e. The zero-order valence-electron chi connectivity index (χ0n) is 12.5. The van der Waals surface area contributed by atoms with Crippen molar-refractivity contribution in [3.05, 3.63) is 29.3 Å². The van der Waals surface area contributed by atoms with Gasteiger partial charge in [-0.1, -0.05) is 38.8 Å². The number of hydrogen-bond donors (Lipinski definition) is 0. The number of ether oxygens (including phenoxy) is 1. The lowest BCUT2D eigenvalue weighted by Crippen LogP contribution is -2.31. The van der Waals surface area contributed by atoms with Gasteiger partial charge in [-0.2, -0.15) is 0 Å². The van der Waals surface area contributed by atoms with E-state index in [1.54, 1.807) is 14.0 Å². The van der Waals surface area contributed by atoms with Crippen LogP contribution in [0.15, 0.2) is 18.2 Å². The molecule has 0 bridgehead atoms. The molecular weight excluding hydrogens is 236 g/mol. The largest absolute Gasteiger partial charge is 0.496 e. The Labute approximate surface area is 116 Å². The third-order valence-electron chi connectivity index (χ3n) is 4.54. The quantitative estimate of drug-likeness (QED) is 0.810. The maximum absolute atomic E-state index is 12.3.